The van der Waals surface area contributed by atoms with E-state index in [1.165, 1.54) is 0 Å². The minimum absolute atomic E-state index is 0.109. The predicted molar refractivity (Wildman–Crippen MR) is 69.4 cm³/mol. The number of benzene rings is 1. The van der Waals surface area contributed by atoms with Gasteiger partial charge in [-0.2, -0.15) is 0 Å². The molecule has 0 aliphatic heterocycles. The fraction of sp³-hybridized carbons (Fsp3) is 0.429. The molecular formula is C14H19NO3. The molecular weight excluding hydrogens is 230 g/mol. The molecule has 0 aromatic heterocycles. The molecule has 0 saturated carbocycles. The average Bonchev–Trinajstić information content (AvgIpc) is 2.35. The first-order valence-corrected chi connectivity index (χ1v) is 6.14. The molecule has 0 spiro atoms. The minimum Gasteiger partial charge on any atom is -0.466 e. The second-order valence-electron chi connectivity index (χ2n) is 4.03. The molecule has 0 saturated heterocycles. The van der Waals surface area contributed by atoms with E-state index in [0.717, 1.165) is 5.56 Å². The van der Waals surface area contributed by atoms with Crippen LogP contribution in [-0.4, -0.2) is 25.0 Å². The third-order valence-corrected chi connectivity index (χ3v) is 2.43. The van der Waals surface area contributed by atoms with E-state index in [1.807, 2.05) is 25.1 Å². The summed E-state index contributed by atoms with van der Waals surface area (Å²) in [6.07, 6.45) is 0.929. The second kappa shape index (κ2) is 7.48. The van der Waals surface area contributed by atoms with Gasteiger partial charge in [0.25, 0.3) is 5.91 Å². The Hall–Kier alpha value is -1.84. The summed E-state index contributed by atoms with van der Waals surface area (Å²) in [6.45, 7) is 4.59. The van der Waals surface area contributed by atoms with Crippen molar-refractivity contribution in [2.75, 3.05) is 13.2 Å². The highest BCUT2D eigenvalue weighted by molar-refractivity contribution is 5.94. The summed E-state index contributed by atoms with van der Waals surface area (Å²) in [7, 11) is 0. The van der Waals surface area contributed by atoms with E-state index in [2.05, 4.69) is 5.32 Å². The number of ether oxygens (including phenoxy) is 1. The predicted octanol–water partition coefficient (Wildman–Crippen LogP) is 2.07. The van der Waals surface area contributed by atoms with E-state index in [4.69, 9.17) is 4.74 Å². The van der Waals surface area contributed by atoms with Gasteiger partial charge in [0.1, 0.15) is 0 Å². The molecule has 1 aromatic carbocycles. The number of nitrogens with one attached hydrogen (secondary N) is 1. The van der Waals surface area contributed by atoms with Crippen LogP contribution in [0.5, 0.6) is 0 Å². The first-order chi connectivity index (χ1) is 8.63. The van der Waals surface area contributed by atoms with Gasteiger partial charge in [0, 0.05) is 18.5 Å². The van der Waals surface area contributed by atoms with Crippen LogP contribution in [0.4, 0.5) is 0 Å². The van der Waals surface area contributed by atoms with E-state index >= 15 is 0 Å². The molecule has 98 valence electrons. The standard InChI is InChI=1S/C14H19NO3/c1-3-18-13(16)8-5-9-15-14(17)12-7-4-6-11(2)10-12/h4,6-7,10H,3,5,8-9H2,1-2H3,(H,15,17). The summed E-state index contributed by atoms with van der Waals surface area (Å²) in [6, 6.07) is 7.40. The SMILES string of the molecule is CCOC(=O)CCCNC(=O)c1cccc(C)c1. The summed E-state index contributed by atoms with van der Waals surface area (Å²) < 4.78 is 4.80. The number of amides is 1. The molecule has 0 aliphatic rings. The Morgan fingerprint density at radius 3 is 2.78 bits per heavy atom. The van der Waals surface area contributed by atoms with Crippen LogP contribution in [0.3, 0.4) is 0 Å². The van der Waals surface area contributed by atoms with Gasteiger partial charge < -0.3 is 10.1 Å². The zero-order chi connectivity index (χ0) is 13.4. The number of esters is 1. The van der Waals surface area contributed by atoms with Gasteiger partial charge in [-0.15, -0.1) is 0 Å². The maximum Gasteiger partial charge on any atom is 0.305 e. The van der Waals surface area contributed by atoms with Crippen molar-refractivity contribution in [1.29, 1.82) is 0 Å². The van der Waals surface area contributed by atoms with Gasteiger partial charge in [0.2, 0.25) is 0 Å². The van der Waals surface area contributed by atoms with Crippen LogP contribution in [0.15, 0.2) is 24.3 Å². The number of carbonyl (C=O) groups excluding carboxylic acids is 2. The Morgan fingerprint density at radius 1 is 1.33 bits per heavy atom. The van der Waals surface area contributed by atoms with Crippen LogP contribution in [0.2, 0.25) is 0 Å². The first-order valence-electron chi connectivity index (χ1n) is 6.14. The normalized spacial score (nSPS) is 9.89. The lowest BCUT2D eigenvalue weighted by molar-refractivity contribution is -0.143. The van der Waals surface area contributed by atoms with E-state index < -0.39 is 0 Å². The van der Waals surface area contributed by atoms with Gasteiger partial charge in [-0.3, -0.25) is 9.59 Å². The highest BCUT2D eigenvalue weighted by atomic mass is 16.5. The summed E-state index contributed by atoms with van der Waals surface area (Å²) in [5.41, 5.74) is 1.69. The molecule has 4 heteroatoms. The molecule has 0 radical (unpaired) electrons. The van der Waals surface area contributed by atoms with E-state index in [0.29, 0.717) is 31.6 Å². The molecule has 18 heavy (non-hydrogen) atoms. The molecule has 0 atom stereocenters. The van der Waals surface area contributed by atoms with Crippen molar-refractivity contribution in [1.82, 2.24) is 5.32 Å². The largest absolute Gasteiger partial charge is 0.466 e. The van der Waals surface area contributed by atoms with Crippen molar-refractivity contribution < 1.29 is 14.3 Å². The summed E-state index contributed by atoms with van der Waals surface area (Å²) in [4.78, 5) is 22.8. The molecule has 0 heterocycles. The van der Waals surface area contributed by atoms with Gasteiger partial charge in [0.05, 0.1) is 6.61 Å². The van der Waals surface area contributed by atoms with Crippen molar-refractivity contribution in [3.05, 3.63) is 35.4 Å². The Bertz CT molecular complexity index is 415. The Kier molecular flexibility index (Phi) is 5.91. The molecule has 4 nitrogen and oxygen atoms in total. The third kappa shape index (κ3) is 4.99. The maximum atomic E-state index is 11.7. The van der Waals surface area contributed by atoms with Gasteiger partial charge in [-0.05, 0) is 32.4 Å². The van der Waals surface area contributed by atoms with Gasteiger partial charge in [0.15, 0.2) is 0 Å². The molecule has 0 fully saturated rings. The van der Waals surface area contributed by atoms with Gasteiger partial charge >= 0.3 is 5.97 Å². The number of rotatable bonds is 6. The van der Waals surface area contributed by atoms with Crippen molar-refractivity contribution in [3.63, 3.8) is 0 Å². The second-order valence-corrected chi connectivity index (χ2v) is 4.03. The zero-order valence-electron chi connectivity index (χ0n) is 10.9. The van der Waals surface area contributed by atoms with E-state index in [1.54, 1.807) is 13.0 Å². The Balaban J connectivity index is 2.27. The van der Waals surface area contributed by atoms with Crippen LogP contribution < -0.4 is 5.32 Å². The summed E-state index contributed by atoms with van der Waals surface area (Å²) in [5, 5.41) is 2.78. The quantitative estimate of drug-likeness (QED) is 0.620. The first kappa shape index (κ1) is 14.2. The molecule has 1 N–H and O–H groups in total. The smallest absolute Gasteiger partial charge is 0.305 e. The third-order valence-electron chi connectivity index (χ3n) is 2.43. The maximum absolute atomic E-state index is 11.7. The van der Waals surface area contributed by atoms with Crippen LogP contribution in [0.1, 0.15) is 35.7 Å². The monoisotopic (exact) mass is 249 g/mol. The zero-order valence-corrected chi connectivity index (χ0v) is 10.9. The summed E-state index contributed by atoms with van der Waals surface area (Å²) in [5.74, 6) is -0.329. The number of carbonyl (C=O) groups is 2. The lowest BCUT2D eigenvalue weighted by atomic mass is 10.1. The van der Waals surface area contributed by atoms with Crippen LogP contribution in [-0.2, 0) is 9.53 Å². The van der Waals surface area contributed by atoms with Gasteiger partial charge in [-0.1, -0.05) is 17.7 Å². The van der Waals surface area contributed by atoms with E-state index in [-0.39, 0.29) is 11.9 Å². The molecule has 0 bridgehead atoms. The van der Waals surface area contributed by atoms with Gasteiger partial charge in [-0.25, -0.2) is 0 Å². The van der Waals surface area contributed by atoms with E-state index in [9.17, 15) is 9.59 Å². The number of aryl methyl sites for hydroxylation is 1. The lowest BCUT2D eigenvalue weighted by Gasteiger charge is -2.05. The van der Waals surface area contributed by atoms with Crippen molar-refractivity contribution >= 4 is 11.9 Å². The average molecular weight is 249 g/mol. The van der Waals surface area contributed by atoms with Crippen LogP contribution >= 0.6 is 0 Å². The Morgan fingerprint density at radius 2 is 2.11 bits per heavy atom. The molecule has 0 aliphatic carbocycles. The molecule has 1 aromatic rings. The Labute approximate surface area is 107 Å². The van der Waals surface area contributed by atoms with Crippen molar-refractivity contribution in [2.24, 2.45) is 0 Å². The highest BCUT2D eigenvalue weighted by Crippen LogP contribution is 2.03. The van der Waals surface area contributed by atoms with Crippen LogP contribution in [0, 0.1) is 6.92 Å². The lowest BCUT2D eigenvalue weighted by Crippen LogP contribution is -2.25. The highest BCUT2D eigenvalue weighted by Gasteiger charge is 2.05. The fourth-order valence-corrected chi connectivity index (χ4v) is 1.56. The molecule has 1 amide bonds. The fourth-order valence-electron chi connectivity index (χ4n) is 1.56. The molecule has 1 rings (SSSR count). The van der Waals surface area contributed by atoms with Crippen molar-refractivity contribution in [2.45, 2.75) is 26.7 Å². The number of hydrogen-bond acceptors (Lipinski definition) is 3. The molecule has 0 unspecified atom stereocenters. The minimum atomic E-state index is -0.220. The van der Waals surface area contributed by atoms with Crippen molar-refractivity contribution in [3.8, 4) is 0 Å². The topological polar surface area (TPSA) is 55.4 Å². The summed E-state index contributed by atoms with van der Waals surface area (Å²) >= 11 is 0. The van der Waals surface area contributed by atoms with Crippen LogP contribution in [0.25, 0.3) is 0 Å². The number of hydrogen-bond donors (Lipinski definition) is 1.